The van der Waals surface area contributed by atoms with E-state index in [4.69, 9.17) is 4.74 Å². The number of carbonyl (C=O) groups is 1. The number of hydrogen-bond donors (Lipinski definition) is 0. The van der Waals surface area contributed by atoms with Gasteiger partial charge in [-0.2, -0.15) is 0 Å². The zero-order valence-corrected chi connectivity index (χ0v) is 13.7. The highest BCUT2D eigenvalue weighted by Crippen LogP contribution is 2.16. The summed E-state index contributed by atoms with van der Waals surface area (Å²) in [5.74, 6) is -0.290. The van der Waals surface area contributed by atoms with E-state index in [1.54, 1.807) is 6.08 Å². The molecule has 0 spiro atoms. The Kier molecular flexibility index (Phi) is 6.12. The lowest BCUT2D eigenvalue weighted by Crippen LogP contribution is -2.18. The first-order valence-corrected chi connectivity index (χ1v) is 7.67. The van der Waals surface area contributed by atoms with Gasteiger partial charge in [-0.1, -0.05) is 36.4 Å². The predicted molar refractivity (Wildman–Crippen MR) is 94.9 cm³/mol. The average Bonchev–Trinajstić information content (AvgIpc) is 2.59. The Hall–Kier alpha value is -2.39. The maximum atomic E-state index is 12.5. The molecule has 0 aliphatic rings. The van der Waals surface area contributed by atoms with Gasteiger partial charge in [-0.15, -0.1) is 6.58 Å². The summed E-state index contributed by atoms with van der Waals surface area (Å²) in [4.78, 5) is 14.5. The van der Waals surface area contributed by atoms with Crippen LogP contribution in [0, 0.1) is 5.92 Å². The lowest BCUT2D eigenvalue weighted by atomic mass is 9.98. The third kappa shape index (κ3) is 4.80. The van der Waals surface area contributed by atoms with Crippen molar-refractivity contribution in [2.45, 2.75) is 6.61 Å². The topological polar surface area (TPSA) is 29.5 Å². The maximum Gasteiger partial charge on any atom is 0.172 e. The van der Waals surface area contributed by atoms with E-state index in [-0.39, 0.29) is 11.7 Å². The lowest BCUT2D eigenvalue weighted by molar-refractivity contribution is 0.0734. The van der Waals surface area contributed by atoms with E-state index in [1.165, 1.54) is 0 Å². The van der Waals surface area contributed by atoms with E-state index in [9.17, 15) is 4.79 Å². The molecule has 120 valence electrons. The van der Waals surface area contributed by atoms with Crippen LogP contribution < -0.4 is 4.90 Å². The van der Waals surface area contributed by atoms with E-state index in [0.717, 1.165) is 11.3 Å². The molecule has 1 unspecified atom stereocenters. The first kappa shape index (κ1) is 17.0. The van der Waals surface area contributed by atoms with Gasteiger partial charge in [0.2, 0.25) is 0 Å². The number of Topliss-reactive ketones (excluding diaryl/α,β-unsaturated/α-hetero) is 1. The van der Waals surface area contributed by atoms with Crippen LogP contribution in [0.15, 0.2) is 67.3 Å². The van der Waals surface area contributed by atoms with E-state index in [2.05, 4.69) is 6.58 Å². The monoisotopic (exact) mass is 309 g/mol. The Morgan fingerprint density at radius 2 is 1.78 bits per heavy atom. The van der Waals surface area contributed by atoms with E-state index < -0.39 is 0 Å². The van der Waals surface area contributed by atoms with Crippen LogP contribution in [0.25, 0.3) is 0 Å². The lowest BCUT2D eigenvalue weighted by Gasteiger charge is -2.15. The van der Waals surface area contributed by atoms with Crippen LogP contribution in [0.5, 0.6) is 0 Å². The molecule has 0 aliphatic carbocycles. The van der Waals surface area contributed by atoms with Crippen LogP contribution >= 0.6 is 0 Å². The highest BCUT2D eigenvalue weighted by atomic mass is 16.5. The molecule has 0 aromatic heterocycles. The summed E-state index contributed by atoms with van der Waals surface area (Å²) < 4.78 is 5.68. The summed E-state index contributed by atoms with van der Waals surface area (Å²) in [6.07, 6.45) is 1.66. The highest BCUT2D eigenvalue weighted by molar-refractivity contribution is 5.99. The van der Waals surface area contributed by atoms with Gasteiger partial charge in [0.25, 0.3) is 0 Å². The van der Waals surface area contributed by atoms with Gasteiger partial charge in [0.15, 0.2) is 5.78 Å². The highest BCUT2D eigenvalue weighted by Gasteiger charge is 2.17. The zero-order valence-electron chi connectivity index (χ0n) is 13.7. The van der Waals surface area contributed by atoms with Crippen molar-refractivity contribution in [3.63, 3.8) is 0 Å². The first-order valence-electron chi connectivity index (χ1n) is 7.67. The number of hydrogen-bond acceptors (Lipinski definition) is 3. The molecule has 0 saturated carbocycles. The van der Waals surface area contributed by atoms with Crippen LogP contribution in [-0.4, -0.2) is 26.5 Å². The fourth-order valence-electron chi connectivity index (χ4n) is 2.27. The van der Waals surface area contributed by atoms with Crippen molar-refractivity contribution >= 4 is 11.5 Å². The van der Waals surface area contributed by atoms with Crippen molar-refractivity contribution in [3.8, 4) is 0 Å². The summed E-state index contributed by atoms with van der Waals surface area (Å²) in [5.41, 5.74) is 2.85. The molecule has 0 N–H and O–H groups in total. The van der Waals surface area contributed by atoms with Crippen LogP contribution in [0.2, 0.25) is 0 Å². The Labute approximate surface area is 138 Å². The molecular formula is C20H23NO2. The van der Waals surface area contributed by atoms with Gasteiger partial charge in [-0.25, -0.2) is 0 Å². The molecule has 1 atom stereocenters. The first-order chi connectivity index (χ1) is 11.1. The molecule has 0 saturated heterocycles. The molecule has 2 aromatic rings. The Bertz CT molecular complexity index is 632. The van der Waals surface area contributed by atoms with Crippen molar-refractivity contribution in [2.75, 3.05) is 25.6 Å². The summed E-state index contributed by atoms with van der Waals surface area (Å²) in [5, 5.41) is 0. The summed E-state index contributed by atoms with van der Waals surface area (Å²) >= 11 is 0. The zero-order chi connectivity index (χ0) is 16.7. The smallest absolute Gasteiger partial charge is 0.172 e. The minimum atomic E-state index is -0.330. The molecule has 2 aromatic carbocycles. The molecule has 0 bridgehead atoms. The Morgan fingerprint density at radius 1 is 1.13 bits per heavy atom. The van der Waals surface area contributed by atoms with Gasteiger partial charge >= 0.3 is 0 Å². The second-order valence-corrected chi connectivity index (χ2v) is 5.65. The third-order valence-electron chi connectivity index (χ3n) is 3.70. The molecule has 0 aliphatic heterocycles. The van der Waals surface area contributed by atoms with Crippen LogP contribution in [0.3, 0.4) is 0 Å². The number of rotatable bonds is 8. The standard InChI is InChI=1S/C20H23NO2/c1-4-17(15-23-14-16-8-6-5-7-9-16)20(22)18-10-12-19(13-11-18)21(2)3/h4-13,17H,1,14-15H2,2-3H3. The number of ether oxygens (including phenoxy) is 1. The number of nitrogens with zero attached hydrogens (tertiary/aromatic N) is 1. The molecule has 0 amide bonds. The number of anilines is 1. The second kappa shape index (κ2) is 8.30. The number of carbonyl (C=O) groups excluding carboxylic acids is 1. The van der Waals surface area contributed by atoms with Crippen molar-refractivity contribution in [3.05, 3.63) is 78.4 Å². The number of benzene rings is 2. The van der Waals surface area contributed by atoms with E-state index >= 15 is 0 Å². The van der Waals surface area contributed by atoms with Crippen molar-refractivity contribution < 1.29 is 9.53 Å². The summed E-state index contributed by atoms with van der Waals surface area (Å²) in [7, 11) is 3.95. The predicted octanol–water partition coefficient (Wildman–Crippen LogP) is 3.95. The third-order valence-corrected chi connectivity index (χ3v) is 3.70. The number of ketones is 1. The summed E-state index contributed by atoms with van der Waals surface area (Å²) in [6.45, 7) is 4.61. The minimum absolute atomic E-state index is 0.0402. The Balaban J connectivity index is 1.94. The Morgan fingerprint density at radius 3 is 2.35 bits per heavy atom. The van der Waals surface area contributed by atoms with Gasteiger partial charge in [0, 0.05) is 25.3 Å². The summed E-state index contributed by atoms with van der Waals surface area (Å²) in [6, 6.07) is 17.5. The van der Waals surface area contributed by atoms with Crippen molar-refractivity contribution in [1.82, 2.24) is 0 Å². The SMILES string of the molecule is C=CC(COCc1ccccc1)C(=O)c1ccc(N(C)C)cc1. The maximum absolute atomic E-state index is 12.5. The fourth-order valence-corrected chi connectivity index (χ4v) is 2.27. The van der Waals surface area contributed by atoms with E-state index in [1.807, 2.05) is 73.6 Å². The molecular weight excluding hydrogens is 286 g/mol. The largest absolute Gasteiger partial charge is 0.378 e. The van der Waals surface area contributed by atoms with Gasteiger partial charge in [-0.3, -0.25) is 4.79 Å². The van der Waals surface area contributed by atoms with E-state index in [0.29, 0.717) is 18.8 Å². The fraction of sp³-hybridized carbons (Fsp3) is 0.250. The quantitative estimate of drug-likeness (QED) is 0.546. The molecule has 0 radical (unpaired) electrons. The second-order valence-electron chi connectivity index (χ2n) is 5.65. The molecule has 3 nitrogen and oxygen atoms in total. The van der Waals surface area contributed by atoms with Crippen LogP contribution in [-0.2, 0) is 11.3 Å². The normalized spacial score (nSPS) is 11.7. The van der Waals surface area contributed by atoms with Gasteiger partial charge in [0.1, 0.15) is 0 Å². The van der Waals surface area contributed by atoms with Gasteiger partial charge in [-0.05, 0) is 29.8 Å². The molecule has 3 heteroatoms. The van der Waals surface area contributed by atoms with Crippen molar-refractivity contribution in [1.29, 1.82) is 0 Å². The van der Waals surface area contributed by atoms with Crippen LogP contribution in [0.4, 0.5) is 5.69 Å². The molecule has 0 fully saturated rings. The molecule has 23 heavy (non-hydrogen) atoms. The van der Waals surface area contributed by atoms with Crippen molar-refractivity contribution in [2.24, 2.45) is 5.92 Å². The average molecular weight is 309 g/mol. The molecule has 0 heterocycles. The van der Waals surface area contributed by atoms with Gasteiger partial charge < -0.3 is 9.64 Å². The van der Waals surface area contributed by atoms with Gasteiger partial charge in [0.05, 0.1) is 19.1 Å². The van der Waals surface area contributed by atoms with Crippen LogP contribution in [0.1, 0.15) is 15.9 Å². The molecule has 2 rings (SSSR count). The minimum Gasteiger partial charge on any atom is -0.378 e.